The number of carbonyl (C=O) groups is 1. The number of amides is 1. The third kappa shape index (κ3) is 5.44. The highest BCUT2D eigenvalue weighted by Gasteiger charge is 2.47. The fraction of sp³-hybridized carbons (Fsp3) is 0.516. The summed E-state index contributed by atoms with van der Waals surface area (Å²) >= 11 is 3.67. The Morgan fingerprint density at radius 1 is 1.12 bits per heavy atom. The average Bonchev–Trinajstić information content (AvgIpc) is 3.75. The Labute approximate surface area is 259 Å². The first-order valence-corrected chi connectivity index (χ1v) is 16.0. The number of anilines is 2. The van der Waals surface area contributed by atoms with Crippen molar-refractivity contribution in [1.82, 2.24) is 24.8 Å². The monoisotopic (exact) mass is 650 g/mol. The Bertz CT molecular complexity index is 1530. The molecule has 3 fully saturated rings. The summed E-state index contributed by atoms with van der Waals surface area (Å²) in [6, 6.07) is 6.93. The van der Waals surface area contributed by atoms with Crippen LogP contribution in [0.4, 0.5) is 16.2 Å². The maximum atomic E-state index is 11.6. The number of H-pyrrole nitrogens is 1. The molecule has 11 nitrogen and oxygen atoms in total. The van der Waals surface area contributed by atoms with Crippen LogP contribution >= 0.6 is 15.9 Å². The number of aromatic nitrogens is 3. The number of benzene rings is 1. The Balaban J connectivity index is 1.11. The maximum absolute atomic E-state index is 11.6. The molecule has 12 heteroatoms. The number of methoxy groups -OCH3 is 1. The van der Waals surface area contributed by atoms with Crippen molar-refractivity contribution in [3.05, 3.63) is 41.0 Å². The standard InChI is InChI=1S/C31H39BrN8O3/c1-38-11-13-40(14-12-38)20-7-9-39(10-8-20)21-5-6-22(24(16-21)42-2)29-36-27-26(23(32)17-34-30(27)37-29)35-25-18-3-4-19(15-18)28(25)43-31(33)41/h3-6,16-20,25,28H,7-15H2,1-2H3,(H2,33,41)(H2,34,35,36,37)/t18-,19+,25+,28-/m0/s1. The molecule has 1 saturated carbocycles. The number of primary amides is 1. The van der Waals surface area contributed by atoms with E-state index in [-0.39, 0.29) is 24.0 Å². The number of nitrogens with zero attached hydrogens (tertiary/aromatic N) is 5. The lowest BCUT2D eigenvalue weighted by Gasteiger charge is -2.42. The molecular formula is C31H39BrN8O3. The number of likely N-dealkylation sites (N-methyl/N-ethyl adjacent to an activating group) is 1. The number of piperazine rings is 1. The molecule has 43 heavy (non-hydrogen) atoms. The molecule has 7 rings (SSSR count). The van der Waals surface area contributed by atoms with Crippen molar-refractivity contribution < 1.29 is 14.3 Å². The van der Waals surface area contributed by atoms with Crippen LogP contribution in [0.25, 0.3) is 22.6 Å². The highest BCUT2D eigenvalue weighted by Crippen LogP contribution is 2.44. The molecule has 2 saturated heterocycles. The van der Waals surface area contributed by atoms with Gasteiger partial charge in [0.05, 0.1) is 28.9 Å². The van der Waals surface area contributed by atoms with Gasteiger partial charge in [-0.25, -0.2) is 14.8 Å². The molecule has 4 aliphatic rings. The van der Waals surface area contributed by atoms with Crippen molar-refractivity contribution in [3.8, 4) is 17.1 Å². The van der Waals surface area contributed by atoms with Crippen LogP contribution in [0.3, 0.4) is 0 Å². The smallest absolute Gasteiger partial charge is 0.404 e. The summed E-state index contributed by atoms with van der Waals surface area (Å²) in [7, 11) is 3.91. The first-order valence-electron chi connectivity index (χ1n) is 15.2. The number of pyridine rings is 1. The Morgan fingerprint density at radius 3 is 2.63 bits per heavy atom. The summed E-state index contributed by atoms with van der Waals surface area (Å²) in [6.45, 7) is 6.74. The summed E-state index contributed by atoms with van der Waals surface area (Å²) < 4.78 is 12.2. The van der Waals surface area contributed by atoms with E-state index in [1.165, 1.54) is 31.6 Å². The average molecular weight is 652 g/mol. The molecule has 2 aromatic heterocycles. The van der Waals surface area contributed by atoms with E-state index in [1.54, 1.807) is 13.3 Å². The molecular weight excluding hydrogens is 612 g/mol. The molecule has 4 atom stereocenters. The number of hydrogen-bond acceptors (Lipinski definition) is 9. The van der Waals surface area contributed by atoms with E-state index < -0.39 is 6.09 Å². The second-order valence-corrected chi connectivity index (χ2v) is 13.1. The van der Waals surface area contributed by atoms with E-state index in [0.29, 0.717) is 17.5 Å². The summed E-state index contributed by atoms with van der Waals surface area (Å²) in [6.07, 6.45) is 8.25. The normalized spacial score (nSPS) is 26.3. The van der Waals surface area contributed by atoms with E-state index in [1.807, 2.05) is 0 Å². The molecule has 2 bridgehead atoms. The number of carbonyl (C=O) groups excluding carboxylic acids is 1. The molecule has 1 amide bonds. The fourth-order valence-corrected chi connectivity index (χ4v) is 7.79. The van der Waals surface area contributed by atoms with Crippen molar-refractivity contribution >= 4 is 44.6 Å². The van der Waals surface area contributed by atoms with Gasteiger partial charge in [-0.05, 0) is 54.4 Å². The number of rotatable bonds is 7. The third-order valence-electron chi connectivity index (χ3n) is 9.75. The number of piperidine rings is 1. The van der Waals surface area contributed by atoms with E-state index in [4.69, 9.17) is 20.2 Å². The van der Waals surface area contributed by atoms with Gasteiger partial charge < -0.3 is 35.3 Å². The molecule has 228 valence electrons. The van der Waals surface area contributed by atoms with Crippen molar-refractivity contribution in [3.63, 3.8) is 0 Å². The number of ether oxygens (including phenoxy) is 2. The quantitative estimate of drug-likeness (QED) is 0.325. The largest absolute Gasteiger partial charge is 0.496 e. The van der Waals surface area contributed by atoms with Crippen LogP contribution in [0, 0.1) is 11.8 Å². The van der Waals surface area contributed by atoms with Crippen LogP contribution in [0.2, 0.25) is 0 Å². The van der Waals surface area contributed by atoms with E-state index in [0.717, 1.165) is 59.6 Å². The molecule has 3 aromatic rings. The van der Waals surface area contributed by atoms with Crippen LogP contribution in [-0.4, -0.2) is 102 Å². The van der Waals surface area contributed by atoms with Gasteiger partial charge in [-0.1, -0.05) is 12.2 Å². The zero-order valence-corrected chi connectivity index (χ0v) is 26.2. The number of halogens is 1. The Hall–Kier alpha value is -3.35. The van der Waals surface area contributed by atoms with E-state index in [9.17, 15) is 4.79 Å². The maximum Gasteiger partial charge on any atom is 0.404 e. The molecule has 0 unspecified atom stereocenters. The zero-order valence-electron chi connectivity index (χ0n) is 24.6. The lowest BCUT2D eigenvalue weighted by atomic mass is 9.98. The predicted molar refractivity (Wildman–Crippen MR) is 170 cm³/mol. The van der Waals surface area contributed by atoms with Gasteiger partial charge in [-0.3, -0.25) is 4.90 Å². The van der Waals surface area contributed by atoms with Crippen LogP contribution in [0.5, 0.6) is 5.75 Å². The first-order chi connectivity index (χ1) is 20.9. The van der Waals surface area contributed by atoms with Gasteiger partial charge in [0.15, 0.2) is 5.65 Å². The van der Waals surface area contributed by atoms with Gasteiger partial charge in [0.1, 0.15) is 23.2 Å². The number of fused-ring (bicyclic) bond motifs is 3. The first kappa shape index (κ1) is 28.4. The number of imidazole rings is 1. The molecule has 4 N–H and O–H groups in total. The molecule has 2 aliphatic carbocycles. The summed E-state index contributed by atoms with van der Waals surface area (Å²) in [5, 5.41) is 3.63. The lowest BCUT2D eigenvalue weighted by molar-refractivity contribution is 0.0854. The number of nitrogens with one attached hydrogen (secondary N) is 2. The van der Waals surface area contributed by atoms with Gasteiger partial charge in [-0.2, -0.15) is 0 Å². The topological polar surface area (TPSA) is 125 Å². The van der Waals surface area contributed by atoms with Crippen LogP contribution in [-0.2, 0) is 4.74 Å². The molecule has 2 aliphatic heterocycles. The Kier molecular flexibility index (Phi) is 7.68. The van der Waals surface area contributed by atoms with Gasteiger partial charge in [-0.15, -0.1) is 0 Å². The molecule has 0 radical (unpaired) electrons. The second kappa shape index (κ2) is 11.6. The summed E-state index contributed by atoms with van der Waals surface area (Å²) in [5.74, 6) is 1.84. The second-order valence-electron chi connectivity index (χ2n) is 12.2. The van der Waals surface area contributed by atoms with Gasteiger partial charge in [0, 0.05) is 75.1 Å². The van der Waals surface area contributed by atoms with Crippen molar-refractivity contribution in [2.45, 2.75) is 37.5 Å². The van der Waals surface area contributed by atoms with Gasteiger partial charge in [0.2, 0.25) is 0 Å². The minimum absolute atomic E-state index is 0.106. The van der Waals surface area contributed by atoms with Gasteiger partial charge >= 0.3 is 6.09 Å². The number of hydrogen-bond donors (Lipinski definition) is 3. The van der Waals surface area contributed by atoms with E-state index >= 15 is 0 Å². The SMILES string of the molecule is COc1cc(N2CCC(N3CCN(C)CC3)CC2)ccc1-c1nc2ncc(Br)c(N[C@H]3[C@@H](OC(N)=O)[C@@H]4C=C[C@H]3C4)c2[nH]1. The summed E-state index contributed by atoms with van der Waals surface area (Å²) in [5.41, 5.74) is 9.63. The fourth-order valence-electron chi connectivity index (χ4n) is 7.38. The molecule has 0 spiro atoms. The van der Waals surface area contributed by atoms with Crippen molar-refractivity contribution in [2.24, 2.45) is 17.6 Å². The van der Waals surface area contributed by atoms with E-state index in [2.05, 4.69) is 83.3 Å². The van der Waals surface area contributed by atoms with Crippen LogP contribution in [0.1, 0.15) is 19.3 Å². The minimum Gasteiger partial charge on any atom is -0.496 e. The predicted octanol–water partition coefficient (Wildman–Crippen LogP) is 4.06. The van der Waals surface area contributed by atoms with Crippen LogP contribution in [0.15, 0.2) is 41.0 Å². The zero-order chi connectivity index (χ0) is 29.7. The minimum atomic E-state index is -0.754. The Morgan fingerprint density at radius 2 is 1.88 bits per heavy atom. The lowest BCUT2D eigenvalue weighted by Crippen LogP contribution is -2.52. The van der Waals surface area contributed by atoms with Crippen molar-refractivity contribution in [1.29, 1.82) is 0 Å². The van der Waals surface area contributed by atoms with Crippen molar-refractivity contribution in [2.75, 3.05) is 63.6 Å². The molecule has 4 heterocycles. The highest BCUT2D eigenvalue weighted by atomic mass is 79.9. The summed E-state index contributed by atoms with van der Waals surface area (Å²) in [4.78, 5) is 32.1. The number of aromatic amines is 1. The molecule has 1 aromatic carbocycles. The highest BCUT2D eigenvalue weighted by molar-refractivity contribution is 9.10. The third-order valence-corrected chi connectivity index (χ3v) is 10.3. The van der Waals surface area contributed by atoms with Gasteiger partial charge in [0.25, 0.3) is 0 Å². The number of nitrogens with two attached hydrogens (primary N) is 1. The van der Waals surface area contributed by atoms with Crippen LogP contribution < -0.4 is 20.7 Å².